The zero-order valence-corrected chi connectivity index (χ0v) is 13.4. The molecule has 0 bridgehead atoms. The van der Waals surface area contributed by atoms with Gasteiger partial charge in [-0.25, -0.2) is 13.1 Å². The largest absolute Gasteiger partial charge is 0.481 e. The number of carboxylic acids is 1. The van der Waals surface area contributed by atoms with E-state index >= 15 is 0 Å². The van der Waals surface area contributed by atoms with E-state index < -0.39 is 22.0 Å². The van der Waals surface area contributed by atoms with E-state index in [-0.39, 0.29) is 17.9 Å². The van der Waals surface area contributed by atoms with Crippen LogP contribution < -0.4 is 4.72 Å². The fourth-order valence-corrected chi connectivity index (χ4v) is 4.13. The van der Waals surface area contributed by atoms with Gasteiger partial charge in [-0.3, -0.25) is 4.79 Å². The summed E-state index contributed by atoms with van der Waals surface area (Å²) >= 11 is 0. The van der Waals surface area contributed by atoms with E-state index in [2.05, 4.69) is 4.72 Å². The number of sulfonamides is 1. The molecule has 1 rings (SSSR count). The van der Waals surface area contributed by atoms with Crippen molar-refractivity contribution in [2.75, 3.05) is 6.61 Å². The third kappa shape index (κ3) is 4.03. The van der Waals surface area contributed by atoms with Crippen molar-refractivity contribution in [2.24, 2.45) is 0 Å². The van der Waals surface area contributed by atoms with Gasteiger partial charge in [-0.2, -0.15) is 0 Å². The molecule has 0 aliphatic carbocycles. The molecule has 1 atom stereocenters. The van der Waals surface area contributed by atoms with Crippen molar-refractivity contribution in [3.05, 3.63) is 28.3 Å². The number of hydrogen-bond acceptors (Lipinski definition) is 4. The first-order valence-electron chi connectivity index (χ1n) is 6.54. The summed E-state index contributed by atoms with van der Waals surface area (Å²) in [6.45, 7) is 6.28. The summed E-state index contributed by atoms with van der Waals surface area (Å²) < 4.78 is 27.2. The molecular weight excluding hydrogens is 294 g/mol. The van der Waals surface area contributed by atoms with Gasteiger partial charge in [-0.05, 0) is 49.9 Å². The molecule has 0 heterocycles. The van der Waals surface area contributed by atoms with E-state index in [9.17, 15) is 13.2 Å². The molecule has 1 aromatic carbocycles. The minimum Gasteiger partial charge on any atom is -0.481 e. The molecule has 1 aromatic rings. The van der Waals surface area contributed by atoms with Gasteiger partial charge in [0.05, 0.1) is 17.9 Å². The van der Waals surface area contributed by atoms with E-state index in [1.54, 1.807) is 33.8 Å². The predicted molar refractivity (Wildman–Crippen MR) is 78.9 cm³/mol. The van der Waals surface area contributed by atoms with Crippen molar-refractivity contribution in [1.82, 2.24) is 4.72 Å². The Kier molecular flexibility index (Phi) is 5.49. The minimum atomic E-state index is -3.81. The van der Waals surface area contributed by atoms with Crippen molar-refractivity contribution in [3.8, 4) is 0 Å². The number of aryl methyl sites for hydroxylation is 2. The second kappa shape index (κ2) is 6.55. The third-order valence-corrected chi connectivity index (χ3v) is 5.17. The topological polar surface area (TPSA) is 104 Å². The van der Waals surface area contributed by atoms with E-state index in [4.69, 9.17) is 10.2 Å². The molecule has 0 aromatic heterocycles. The van der Waals surface area contributed by atoms with Gasteiger partial charge in [-0.15, -0.1) is 0 Å². The molecular formula is C14H21NO5S. The Morgan fingerprint density at radius 2 is 1.86 bits per heavy atom. The highest BCUT2D eigenvalue weighted by atomic mass is 32.2. The normalized spacial score (nSPS) is 13.2. The Labute approximate surface area is 124 Å². The van der Waals surface area contributed by atoms with E-state index in [1.807, 2.05) is 0 Å². The standard InChI is InChI=1S/C14H21NO5S/c1-8-5-9(2)14(11(4)12(8)6-13(17)18)21(19,20)15-10(3)7-16/h5,10,15-16H,6-7H2,1-4H3,(H,17,18)/t10-/m1/s1. The monoisotopic (exact) mass is 315 g/mol. The molecule has 0 saturated heterocycles. The first-order valence-corrected chi connectivity index (χ1v) is 8.03. The Bertz CT molecular complexity index is 652. The lowest BCUT2D eigenvalue weighted by molar-refractivity contribution is -0.136. The second-order valence-corrected chi connectivity index (χ2v) is 6.87. The summed E-state index contributed by atoms with van der Waals surface area (Å²) in [6, 6.07) is 1.06. The van der Waals surface area contributed by atoms with Crippen LogP contribution in [0.3, 0.4) is 0 Å². The zero-order valence-electron chi connectivity index (χ0n) is 12.6. The van der Waals surface area contributed by atoms with Crippen LogP contribution in [-0.2, 0) is 21.2 Å². The summed E-state index contributed by atoms with van der Waals surface area (Å²) in [6.07, 6.45) is -0.226. The number of benzene rings is 1. The van der Waals surface area contributed by atoms with Crippen LogP contribution in [0, 0.1) is 20.8 Å². The lowest BCUT2D eigenvalue weighted by Crippen LogP contribution is -2.36. The van der Waals surface area contributed by atoms with Crippen molar-refractivity contribution in [2.45, 2.75) is 45.1 Å². The molecule has 0 saturated carbocycles. The first-order chi connectivity index (χ1) is 9.60. The number of nitrogens with one attached hydrogen (secondary N) is 1. The number of carboxylic acid groups (broad SMARTS) is 1. The van der Waals surface area contributed by atoms with Gasteiger partial charge in [0.25, 0.3) is 0 Å². The molecule has 6 nitrogen and oxygen atoms in total. The van der Waals surface area contributed by atoms with Crippen molar-refractivity contribution in [3.63, 3.8) is 0 Å². The molecule has 0 aliphatic rings. The van der Waals surface area contributed by atoms with Gasteiger partial charge in [-0.1, -0.05) is 6.07 Å². The maximum Gasteiger partial charge on any atom is 0.307 e. The molecule has 0 unspecified atom stereocenters. The number of carbonyl (C=O) groups is 1. The number of rotatable bonds is 6. The van der Waals surface area contributed by atoms with Crippen LogP contribution in [0.25, 0.3) is 0 Å². The smallest absolute Gasteiger partial charge is 0.307 e. The van der Waals surface area contributed by atoms with Crippen molar-refractivity contribution in [1.29, 1.82) is 0 Å². The van der Waals surface area contributed by atoms with Gasteiger partial charge in [0.1, 0.15) is 0 Å². The maximum atomic E-state index is 12.4. The van der Waals surface area contributed by atoms with Crippen LogP contribution in [0.5, 0.6) is 0 Å². The van der Waals surface area contributed by atoms with Gasteiger partial charge in [0.15, 0.2) is 0 Å². The Morgan fingerprint density at radius 3 is 2.33 bits per heavy atom. The molecule has 0 fully saturated rings. The molecule has 118 valence electrons. The van der Waals surface area contributed by atoms with Crippen LogP contribution in [0.15, 0.2) is 11.0 Å². The fraction of sp³-hybridized carbons (Fsp3) is 0.500. The maximum absolute atomic E-state index is 12.4. The summed E-state index contributed by atoms with van der Waals surface area (Å²) in [5.41, 5.74) is 2.25. The molecule has 21 heavy (non-hydrogen) atoms. The zero-order chi connectivity index (χ0) is 16.4. The van der Waals surface area contributed by atoms with E-state index in [0.29, 0.717) is 16.7 Å². The third-order valence-electron chi connectivity index (χ3n) is 3.29. The number of aliphatic hydroxyl groups excluding tert-OH is 1. The van der Waals surface area contributed by atoms with Crippen LogP contribution >= 0.6 is 0 Å². The summed E-state index contributed by atoms with van der Waals surface area (Å²) in [4.78, 5) is 11.0. The van der Waals surface area contributed by atoms with E-state index in [0.717, 1.165) is 5.56 Å². The molecule has 0 aliphatic heterocycles. The quantitative estimate of drug-likeness (QED) is 0.723. The van der Waals surface area contributed by atoms with Crippen molar-refractivity contribution < 1.29 is 23.4 Å². The molecule has 0 spiro atoms. The highest BCUT2D eigenvalue weighted by molar-refractivity contribution is 7.89. The Morgan fingerprint density at radius 1 is 1.29 bits per heavy atom. The molecule has 3 N–H and O–H groups in total. The van der Waals surface area contributed by atoms with Crippen molar-refractivity contribution >= 4 is 16.0 Å². The van der Waals surface area contributed by atoms with Crippen LogP contribution in [0.4, 0.5) is 0 Å². The lowest BCUT2D eigenvalue weighted by Gasteiger charge is -2.19. The van der Waals surface area contributed by atoms with Crippen LogP contribution in [0.2, 0.25) is 0 Å². The Balaban J connectivity index is 3.46. The summed E-state index contributed by atoms with van der Waals surface area (Å²) in [5, 5.41) is 18.0. The highest BCUT2D eigenvalue weighted by Crippen LogP contribution is 2.27. The van der Waals surface area contributed by atoms with Gasteiger partial charge >= 0.3 is 5.97 Å². The average molecular weight is 315 g/mol. The molecule has 0 amide bonds. The highest BCUT2D eigenvalue weighted by Gasteiger charge is 2.24. The van der Waals surface area contributed by atoms with E-state index in [1.165, 1.54) is 0 Å². The molecule has 0 radical (unpaired) electrons. The van der Waals surface area contributed by atoms with Crippen LogP contribution in [0.1, 0.15) is 29.2 Å². The number of hydrogen-bond donors (Lipinski definition) is 3. The minimum absolute atomic E-state index is 0.0876. The SMILES string of the molecule is Cc1cc(C)c(S(=O)(=O)N[C@H](C)CO)c(C)c1CC(=O)O. The number of aliphatic hydroxyl groups is 1. The summed E-state index contributed by atoms with van der Waals surface area (Å²) in [7, 11) is -3.81. The number of aliphatic carboxylic acids is 1. The summed E-state index contributed by atoms with van der Waals surface area (Å²) in [5.74, 6) is -1.01. The molecule has 7 heteroatoms. The van der Waals surface area contributed by atoms with Crippen LogP contribution in [-0.4, -0.2) is 37.2 Å². The van der Waals surface area contributed by atoms with Gasteiger partial charge in [0, 0.05) is 6.04 Å². The van der Waals surface area contributed by atoms with Gasteiger partial charge in [0.2, 0.25) is 10.0 Å². The predicted octanol–water partition coefficient (Wildman–Crippen LogP) is 0.898. The second-order valence-electron chi connectivity index (χ2n) is 5.22. The fourth-order valence-electron chi connectivity index (χ4n) is 2.40. The average Bonchev–Trinajstić information content (AvgIpc) is 2.32. The Hall–Kier alpha value is -1.44. The first kappa shape index (κ1) is 17.6. The van der Waals surface area contributed by atoms with Gasteiger partial charge < -0.3 is 10.2 Å². The lowest BCUT2D eigenvalue weighted by atomic mass is 9.97.